The van der Waals surface area contributed by atoms with Crippen molar-refractivity contribution >= 4 is 0 Å². The number of nitrogens with two attached hydrogens (primary N) is 1. The molecule has 0 fully saturated rings. The maximum atomic E-state index is 6.20. The quantitative estimate of drug-likeness (QED) is 0.786. The zero-order valence-corrected chi connectivity index (χ0v) is 11.3. The van der Waals surface area contributed by atoms with Gasteiger partial charge in [0.15, 0.2) is 0 Å². The van der Waals surface area contributed by atoms with Crippen molar-refractivity contribution in [2.45, 2.75) is 45.6 Å². The minimum atomic E-state index is 0.229. The second kappa shape index (κ2) is 7.33. The van der Waals surface area contributed by atoms with Gasteiger partial charge in [0, 0.05) is 6.04 Å². The summed E-state index contributed by atoms with van der Waals surface area (Å²) in [4.78, 5) is 0. The van der Waals surface area contributed by atoms with Gasteiger partial charge in [-0.2, -0.15) is 0 Å². The van der Waals surface area contributed by atoms with E-state index in [9.17, 15) is 0 Å². The molecule has 0 amide bonds. The molecule has 2 atom stereocenters. The lowest BCUT2D eigenvalue weighted by Crippen LogP contribution is -2.25. The van der Waals surface area contributed by atoms with Crippen LogP contribution >= 0.6 is 0 Å². The third kappa shape index (κ3) is 4.78. The fourth-order valence-electron chi connectivity index (χ4n) is 2.36. The van der Waals surface area contributed by atoms with Crippen molar-refractivity contribution in [3.05, 3.63) is 29.8 Å². The van der Waals surface area contributed by atoms with Crippen LogP contribution in [-0.2, 0) is 6.42 Å². The largest absolute Gasteiger partial charge is 0.496 e. The van der Waals surface area contributed by atoms with Crippen molar-refractivity contribution in [1.29, 1.82) is 0 Å². The van der Waals surface area contributed by atoms with Gasteiger partial charge >= 0.3 is 0 Å². The van der Waals surface area contributed by atoms with Gasteiger partial charge in [0.2, 0.25) is 0 Å². The summed E-state index contributed by atoms with van der Waals surface area (Å²) in [5, 5.41) is 0. The molecule has 0 spiro atoms. The van der Waals surface area contributed by atoms with Crippen LogP contribution in [-0.4, -0.2) is 13.2 Å². The lowest BCUT2D eigenvalue weighted by Gasteiger charge is -2.18. The lowest BCUT2D eigenvalue weighted by atomic mass is 9.94. The Bertz CT molecular complexity index is 324. The highest BCUT2D eigenvalue weighted by Crippen LogP contribution is 2.21. The molecule has 0 aliphatic heterocycles. The van der Waals surface area contributed by atoms with Crippen molar-refractivity contribution in [2.24, 2.45) is 11.7 Å². The van der Waals surface area contributed by atoms with Crippen LogP contribution in [0.2, 0.25) is 0 Å². The second-order valence-electron chi connectivity index (χ2n) is 4.91. The van der Waals surface area contributed by atoms with Crippen molar-refractivity contribution < 1.29 is 4.74 Å². The summed E-state index contributed by atoms with van der Waals surface area (Å²) < 4.78 is 5.34. The summed E-state index contributed by atoms with van der Waals surface area (Å²) in [6, 6.07) is 8.36. The number of methoxy groups -OCH3 is 1. The first kappa shape index (κ1) is 14.0. The zero-order chi connectivity index (χ0) is 12.7. The summed E-state index contributed by atoms with van der Waals surface area (Å²) in [7, 11) is 1.71. The van der Waals surface area contributed by atoms with Crippen molar-refractivity contribution in [2.75, 3.05) is 7.11 Å². The predicted molar refractivity (Wildman–Crippen MR) is 73.4 cm³/mol. The first-order chi connectivity index (χ1) is 8.17. The molecule has 0 aliphatic rings. The summed E-state index contributed by atoms with van der Waals surface area (Å²) >= 11 is 0. The smallest absolute Gasteiger partial charge is 0.122 e. The number of hydrogen-bond acceptors (Lipinski definition) is 2. The van der Waals surface area contributed by atoms with Crippen LogP contribution in [0.3, 0.4) is 0 Å². The number of ether oxygens (including phenoxy) is 1. The number of rotatable bonds is 7. The minimum Gasteiger partial charge on any atom is -0.496 e. The average Bonchev–Trinajstić information content (AvgIpc) is 2.29. The Labute approximate surface area is 105 Å². The van der Waals surface area contributed by atoms with Crippen LogP contribution in [0.25, 0.3) is 0 Å². The van der Waals surface area contributed by atoms with E-state index in [1.54, 1.807) is 7.11 Å². The molecule has 0 aliphatic carbocycles. The SMILES string of the molecule is CCCC(C)CC(N)Cc1ccccc1OC. The Morgan fingerprint density at radius 1 is 1.29 bits per heavy atom. The van der Waals surface area contributed by atoms with Crippen molar-refractivity contribution in [3.63, 3.8) is 0 Å². The number of hydrogen-bond donors (Lipinski definition) is 1. The molecule has 96 valence electrons. The van der Waals surface area contributed by atoms with Crippen LogP contribution in [0.4, 0.5) is 0 Å². The van der Waals surface area contributed by atoms with Gasteiger partial charge in [-0.3, -0.25) is 0 Å². The van der Waals surface area contributed by atoms with Gasteiger partial charge < -0.3 is 10.5 Å². The van der Waals surface area contributed by atoms with Gasteiger partial charge in [0.05, 0.1) is 7.11 Å². The molecule has 0 saturated heterocycles. The van der Waals surface area contributed by atoms with E-state index >= 15 is 0 Å². The molecule has 1 rings (SSSR count). The standard InChI is InChI=1S/C15H25NO/c1-4-7-12(2)10-14(16)11-13-8-5-6-9-15(13)17-3/h5-6,8-9,12,14H,4,7,10-11,16H2,1-3H3. The van der Waals surface area contributed by atoms with Crippen molar-refractivity contribution in [1.82, 2.24) is 0 Å². The molecule has 2 unspecified atom stereocenters. The molecular weight excluding hydrogens is 210 g/mol. The molecule has 2 N–H and O–H groups in total. The Morgan fingerprint density at radius 3 is 2.65 bits per heavy atom. The maximum Gasteiger partial charge on any atom is 0.122 e. The monoisotopic (exact) mass is 235 g/mol. The molecule has 0 radical (unpaired) electrons. The summed E-state index contributed by atoms with van der Waals surface area (Å²) in [6.45, 7) is 4.51. The predicted octanol–water partition coefficient (Wildman–Crippen LogP) is 3.39. The third-order valence-electron chi connectivity index (χ3n) is 3.16. The zero-order valence-electron chi connectivity index (χ0n) is 11.3. The third-order valence-corrected chi connectivity index (χ3v) is 3.16. The molecular formula is C15H25NO. The van der Waals surface area contributed by atoms with Gasteiger partial charge in [-0.1, -0.05) is 44.9 Å². The second-order valence-corrected chi connectivity index (χ2v) is 4.91. The van der Waals surface area contributed by atoms with Gasteiger partial charge in [0.25, 0.3) is 0 Å². The molecule has 0 saturated carbocycles. The van der Waals surface area contributed by atoms with E-state index in [4.69, 9.17) is 10.5 Å². The summed E-state index contributed by atoms with van der Waals surface area (Å²) in [5.41, 5.74) is 7.42. The van der Waals surface area contributed by atoms with Gasteiger partial charge in [-0.15, -0.1) is 0 Å². The first-order valence-corrected chi connectivity index (χ1v) is 6.54. The van der Waals surface area contributed by atoms with Gasteiger partial charge in [-0.05, 0) is 30.4 Å². The molecule has 0 heterocycles. The Kier molecular flexibility index (Phi) is 6.06. The van der Waals surface area contributed by atoms with Crippen LogP contribution < -0.4 is 10.5 Å². The summed E-state index contributed by atoms with van der Waals surface area (Å²) in [6.07, 6.45) is 4.49. The normalized spacial score (nSPS) is 14.4. The van der Waals surface area contributed by atoms with Crippen LogP contribution in [0, 0.1) is 5.92 Å². The van der Waals surface area contributed by atoms with E-state index in [0.717, 1.165) is 18.6 Å². The topological polar surface area (TPSA) is 35.2 Å². The van der Waals surface area contributed by atoms with Gasteiger partial charge in [-0.25, -0.2) is 0 Å². The molecule has 2 heteroatoms. The highest BCUT2D eigenvalue weighted by molar-refractivity contribution is 5.33. The van der Waals surface area contributed by atoms with Crippen LogP contribution in [0.5, 0.6) is 5.75 Å². The Hall–Kier alpha value is -1.02. The fourth-order valence-corrected chi connectivity index (χ4v) is 2.36. The molecule has 17 heavy (non-hydrogen) atoms. The minimum absolute atomic E-state index is 0.229. The van der Waals surface area contributed by atoms with E-state index < -0.39 is 0 Å². The van der Waals surface area contributed by atoms with Crippen LogP contribution in [0.15, 0.2) is 24.3 Å². The van der Waals surface area contributed by atoms with E-state index in [1.807, 2.05) is 18.2 Å². The summed E-state index contributed by atoms with van der Waals surface area (Å²) in [5.74, 6) is 1.66. The van der Waals surface area contributed by atoms with Gasteiger partial charge in [0.1, 0.15) is 5.75 Å². The van der Waals surface area contributed by atoms with E-state index in [-0.39, 0.29) is 6.04 Å². The van der Waals surface area contributed by atoms with Crippen LogP contribution in [0.1, 0.15) is 38.7 Å². The molecule has 0 bridgehead atoms. The first-order valence-electron chi connectivity index (χ1n) is 6.54. The van der Waals surface area contributed by atoms with E-state index in [0.29, 0.717) is 5.92 Å². The lowest BCUT2D eigenvalue weighted by molar-refractivity contribution is 0.399. The van der Waals surface area contributed by atoms with E-state index in [2.05, 4.69) is 19.9 Å². The fraction of sp³-hybridized carbons (Fsp3) is 0.600. The molecule has 0 aromatic heterocycles. The maximum absolute atomic E-state index is 6.20. The Morgan fingerprint density at radius 2 is 2.00 bits per heavy atom. The number of para-hydroxylation sites is 1. The molecule has 1 aromatic carbocycles. The highest BCUT2D eigenvalue weighted by Gasteiger charge is 2.11. The molecule has 2 nitrogen and oxygen atoms in total. The Balaban J connectivity index is 2.52. The van der Waals surface area contributed by atoms with Crippen molar-refractivity contribution in [3.8, 4) is 5.75 Å². The van der Waals surface area contributed by atoms with E-state index in [1.165, 1.54) is 18.4 Å². The number of benzene rings is 1. The highest BCUT2D eigenvalue weighted by atomic mass is 16.5. The molecule has 1 aromatic rings. The average molecular weight is 235 g/mol.